The average Bonchev–Trinajstić information content (AvgIpc) is 3.14. The van der Waals surface area contributed by atoms with Gasteiger partial charge in [-0.15, -0.1) is 11.3 Å². The molecule has 6 nitrogen and oxygen atoms in total. The molecule has 0 atom stereocenters. The van der Waals surface area contributed by atoms with Gasteiger partial charge in [0.2, 0.25) is 0 Å². The standard InChI is InChI=1S/C17H19N5OS/c1-11-15(24-10-19-11)16(23)20-14-9-12(17(2,3)4)21-22(14)13-7-5-6-8-18-13/h5-10H,1-4H3,(H,20,23). The van der Waals surface area contributed by atoms with E-state index in [0.29, 0.717) is 16.5 Å². The molecule has 3 aromatic heterocycles. The number of hydrogen-bond donors (Lipinski definition) is 1. The number of aromatic nitrogens is 4. The minimum Gasteiger partial charge on any atom is -0.306 e. The highest BCUT2D eigenvalue weighted by atomic mass is 32.1. The van der Waals surface area contributed by atoms with E-state index < -0.39 is 0 Å². The molecule has 3 heterocycles. The Morgan fingerprint density at radius 3 is 2.62 bits per heavy atom. The maximum atomic E-state index is 12.5. The Morgan fingerprint density at radius 1 is 1.25 bits per heavy atom. The van der Waals surface area contributed by atoms with Crippen LogP contribution < -0.4 is 5.32 Å². The number of rotatable bonds is 3. The third-order valence-corrected chi connectivity index (χ3v) is 4.46. The van der Waals surface area contributed by atoms with E-state index in [4.69, 9.17) is 0 Å². The number of carbonyl (C=O) groups excluding carboxylic acids is 1. The molecule has 0 bridgehead atoms. The second kappa shape index (κ2) is 6.16. The Hall–Kier alpha value is -2.54. The van der Waals surface area contributed by atoms with E-state index in [9.17, 15) is 4.79 Å². The zero-order valence-electron chi connectivity index (χ0n) is 14.1. The summed E-state index contributed by atoms with van der Waals surface area (Å²) >= 11 is 1.32. The van der Waals surface area contributed by atoms with E-state index in [0.717, 1.165) is 11.4 Å². The van der Waals surface area contributed by atoms with Gasteiger partial charge in [0.15, 0.2) is 5.82 Å². The fourth-order valence-electron chi connectivity index (χ4n) is 2.18. The van der Waals surface area contributed by atoms with Crippen LogP contribution in [0.3, 0.4) is 0 Å². The summed E-state index contributed by atoms with van der Waals surface area (Å²) in [4.78, 5) is 21.6. The van der Waals surface area contributed by atoms with E-state index in [1.807, 2.05) is 31.2 Å². The molecule has 0 saturated heterocycles. The number of anilines is 1. The van der Waals surface area contributed by atoms with Gasteiger partial charge in [-0.25, -0.2) is 9.97 Å². The maximum Gasteiger partial charge on any atom is 0.268 e. The summed E-state index contributed by atoms with van der Waals surface area (Å²) in [7, 11) is 0. The van der Waals surface area contributed by atoms with Gasteiger partial charge in [-0.3, -0.25) is 4.79 Å². The van der Waals surface area contributed by atoms with Crippen LogP contribution in [0, 0.1) is 6.92 Å². The number of hydrogen-bond acceptors (Lipinski definition) is 5. The Balaban J connectivity index is 2.01. The van der Waals surface area contributed by atoms with E-state index in [1.54, 1.807) is 16.4 Å². The number of aryl methyl sites for hydroxylation is 1. The molecule has 0 fully saturated rings. The first kappa shape index (κ1) is 16.3. The number of nitrogens with one attached hydrogen (secondary N) is 1. The van der Waals surface area contributed by atoms with Gasteiger partial charge in [-0.1, -0.05) is 26.8 Å². The first-order valence-electron chi connectivity index (χ1n) is 7.59. The van der Waals surface area contributed by atoms with Crippen LogP contribution in [0.2, 0.25) is 0 Å². The number of pyridine rings is 1. The minimum atomic E-state index is -0.187. The largest absolute Gasteiger partial charge is 0.306 e. The number of thiazole rings is 1. The van der Waals surface area contributed by atoms with Gasteiger partial charge in [-0.2, -0.15) is 9.78 Å². The van der Waals surface area contributed by atoms with Gasteiger partial charge in [0, 0.05) is 17.7 Å². The van der Waals surface area contributed by atoms with Crippen molar-refractivity contribution in [3.8, 4) is 5.82 Å². The molecule has 24 heavy (non-hydrogen) atoms. The van der Waals surface area contributed by atoms with Crippen LogP contribution >= 0.6 is 11.3 Å². The Labute approximate surface area is 144 Å². The molecule has 1 N–H and O–H groups in total. The normalized spacial score (nSPS) is 11.5. The molecule has 0 aromatic carbocycles. The number of nitrogens with zero attached hydrogens (tertiary/aromatic N) is 4. The summed E-state index contributed by atoms with van der Waals surface area (Å²) in [6.45, 7) is 8.06. The van der Waals surface area contributed by atoms with Gasteiger partial charge in [0.25, 0.3) is 5.91 Å². The van der Waals surface area contributed by atoms with Crippen molar-refractivity contribution < 1.29 is 4.79 Å². The van der Waals surface area contributed by atoms with Crippen molar-refractivity contribution in [3.63, 3.8) is 0 Å². The maximum absolute atomic E-state index is 12.5. The lowest BCUT2D eigenvalue weighted by atomic mass is 9.92. The van der Waals surface area contributed by atoms with Crippen molar-refractivity contribution in [1.29, 1.82) is 0 Å². The summed E-state index contributed by atoms with van der Waals surface area (Å²) in [6.07, 6.45) is 1.70. The molecular formula is C17H19N5OS. The van der Waals surface area contributed by atoms with Gasteiger partial charge in [0.05, 0.1) is 16.9 Å². The molecule has 0 aliphatic carbocycles. The molecular weight excluding hydrogens is 322 g/mol. The Morgan fingerprint density at radius 2 is 2.04 bits per heavy atom. The van der Waals surface area contributed by atoms with Crippen LogP contribution in [0.5, 0.6) is 0 Å². The first-order chi connectivity index (χ1) is 11.4. The van der Waals surface area contributed by atoms with Crippen molar-refractivity contribution in [2.45, 2.75) is 33.1 Å². The van der Waals surface area contributed by atoms with Crippen LogP contribution in [0.4, 0.5) is 5.82 Å². The van der Waals surface area contributed by atoms with Crippen molar-refractivity contribution in [2.75, 3.05) is 5.32 Å². The summed E-state index contributed by atoms with van der Waals surface area (Å²) in [5.41, 5.74) is 3.13. The van der Waals surface area contributed by atoms with Crippen LogP contribution in [0.1, 0.15) is 41.8 Å². The van der Waals surface area contributed by atoms with E-state index in [-0.39, 0.29) is 11.3 Å². The second-order valence-electron chi connectivity index (χ2n) is 6.49. The second-order valence-corrected chi connectivity index (χ2v) is 7.34. The molecule has 0 saturated carbocycles. The third kappa shape index (κ3) is 3.21. The van der Waals surface area contributed by atoms with Crippen molar-refractivity contribution in [2.24, 2.45) is 0 Å². The summed E-state index contributed by atoms with van der Waals surface area (Å²) < 4.78 is 1.66. The van der Waals surface area contributed by atoms with Gasteiger partial charge >= 0.3 is 0 Å². The third-order valence-electron chi connectivity index (χ3n) is 3.54. The molecule has 3 rings (SSSR count). The lowest BCUT2D eigenvalue weighted by Gasteiger charge is -2.13. The van der Waals surface area contributed by atoms with Gasteiger partial charge in [0.1, 0.15) is 10.7 Å². The number of carbonyl (C=O) groups is 1. The molecule has 7 heteroatoms. The van der Waals surface area contributed by atoms with Gasteiger partial charge < -0.3 is 5.32 Å². The van der Waals surface area contributed by atoms with Crippen LogP contribution in [0.25, 0.3) is 5.82 Å². The SMILES string of the molecule is Cc1ncsc1C(=O)Nc1cc(C(C)(C)C)nn1-c1ccccn1. The fraction of sp³-hybridized carbons (Fsp3) is 0.294. The topological polar surface area (TPSA) is 72.7 Å². The Kier molecular flexibility index (Phi) is 4.19. The monoisotopic (exact) mass is 341 g/mol. The predicted molar refractivity (Wildman–Crippen MR) is 94.9 cm³/mol. The van der Waals surface area contributed by atoms with Crippen molar-refractivity contribution in [3.05, 3.63) is 52.2 Å². The van der Waals surface area contributed by atoms with E-state index in [2.05, 4.69) is 41.2 Å². The lowest BCUT2D eigenvalue weighted by molar-refractivity contribution is 0.102. The highest BCUT2D eigenvalue weighted by molar-refractivity contribution is 7.12. The molecule has 124 valence electrons. The zero-order valence-corrected chi connectivity index (χ0v) is 14.9. The highest BCUT2D eigenvalue weighted by Crippen LogP contribution is 2.26. The van der Waals surface area contributed by atoms with E-state index >= 15 is 0 Å². The molecule has 0 unspecified atom stereocenters. The van der Waals surface area contributed by atoms with Crippen LogP contribution in [-0.4, -0.2) is 25.7 Å². The minimum absolute atomic E-state index is 0.139. The van der Waals surface area contributed by atoms with Crippen molar-refractivity contribution >= 4 is 23.1 Å². The molecule has 0 aliphatic heterocycles. The zero-order chi connectivity index (χ0) is 17.3. The highest BCUT2D eigenvalue weighted by Gasteiger charge is 2.22. The predicted octanol–water partition coefficient (Wildman–Crippen LogP) is 3.58. The van der Waals surface area contributed by atoms with Gasteiger partial charge in [-0.05, 0) is 19.1 Å². The van der Waals surface area contributed by atoms with Crippen LogP contribution in [-0.2, 0) is 5.41 Å². The fourth-order valence-corrected chi connectivity index (χ4v) is 2.88. The Bertz CT molecular complexity index is 861. The molecule has 3 aromatic rings. The van der Waals surface area contributed by atoms with E-state index in [1.165, 1.54) is 11.3 Å². The molecule has 0 aliphatic rings. The number of amides is 1. The van der Waals surface area contributed by atoms with Crippen molar-refractivity contribution in [1.82, 2.24) is 19.7 Å². The molecule has 1 amide bonds. The lowest BCUT2D eigenvalue weighted by Crippen LogP contribution is -2.15. The average molecular weight is 341 g/mol. The van der Waals surface area contributed by atoms with Crippen LogP contribution in [0.15, 0.2) is 36.0 Å². The summed E-state index contributed by atoms with van der Waals surface area (Å²) in [5.74, 6) is 1.06. The summed E-state index contributed by atoms with van der Waals surface area (Å²) in [5, 5.41) is 7.57. The molecule has 0 radical (unpaired) electrons. The first-order valence-corrected chi connectivity index (χ1v) is 8.47. The molecule has 0 spiro atoms. The summed E-state index contributed by atoms with van der Waals surface area (Å²) in [6, 6.07) is 7.48. The smallest absolute Gasteiger partial charge is 0.268 e. The quantitative estimate of drug-likeness (QED) is 0.790.